The van der Waals surface area contributed by atoms with Crippen molar-refractivity contribution in [2.24, 2.45) is 5.92 Å². The van der Waals surface area contributed by atoms with Gasteiger partial charge < -0.3 is 14.3 Å². The Morgan fingerprint density at radius 1 is 1.35 bits per heavy atom. The maximum absolute atomic E-state index is 5.49. The highest BCUT2D eigenvalue weighted by atomic mass is 32.1. The van der Waals surface area contributed by atoms with Crippen LogP contribution in [0.3, 0.4) is 0 Å². The zero-order chi connectivity index (χ0) is 14.5. The maximum Gasteiger partial charge on any atom is 0.178 e. The third-order valence-electron chi connectivity index (χ3n) is 3.98. The minimum atomic E-state index is 0.687. The molecular formula is C16H24N2OS. The van der Waals surface area contributed by atoms with Gasteiger partial charge in [-0.2, -0.15) is 0 Å². The molecule has 0 saturated carbocycles. The molecule has 0 fully saturated rings. The number of para-hydroxylation sites is 1. The van der Waals surface area contributed by atoms with E-state index in [0.717, 1.165) is 28.1 Å². The van der Waals surface area contributed by atoms with Crippen LogP contribution in [0.4, 0.5) is 0 Å². The van der Waals surface area contributed by atoms with Crippen LogP contribution in [0, 0.1) is 10.7 Å². The molecule has 3 nitrogen and oxygen atoms in total. The van der Waals surface area contributed by atoms with Crippen LogP contribution in [0.25, 0.3) is 11.0 Å². The molecule has 1 heterocycles. The SMILES string of the molecule is CCCCC(CC)Cn1c(=S)[nH]c2c(OC)cccc21. The number of rotatable bonds is 7. The third kappa shape index (κ3) is 3.06. The summed E-state index contributed by atoms with van der Waals surface area (Å²) in [5.41, 5.74) is 2.15. The van der Waals surface area contributed by atoms with E-state index < -0.39 is 0 Å². The lowest BCUT2D eigenvalue weighted by Crippen LogP contribution is -2.10. The first-order chi connectivity index (χ1) is 9.71. The fraction of sp³-hybridized carbons (Fsp3) is 0.562. The highest BCUT2D eigenvalue weighted by molar-refractivity contribution is 7.71. The fourth-order valence-electron chi connectivity index (χ4n) is 2.68. The Balaban J connectivity index is 2.34. The largest absolute Gasteiger partial charge is 0.494 e. The lowest BCUT2D eigenvalue weighted by molar-refractivity contribution is 0.393. The van der Waals surface area contributed by atoms with Gasteiger partial charge in [0.05, 0.1) is 12.6 Å². The first-order valence-corrected chi connectivity index (χ1v) is 7.87. The molecule has 110 valence electrons. The Morgan fingerprint density at radius 2 is 2.15 bits per heavy atom. The highest BCUT2D eigenvalue weighted by Crippen LogP contribution is 2.26. The predicted octanol–water partition coefficient (Wildman–Crippen LogP) is 4.92. The standard InChI is InChI=1S/C16H24N2OS/c1-4-6-8-12(5-2)11-18-13-9-7-10-14(19-3)15(13)17-16(18)20/h7,9-10,12H,4-6,8,11H2,1-3H3,(H,17,20). The summed E-state index contributed by atoms with van der Waals surface area (Å²) in [5.74, 6) is 1.54. The zero-order valence-electron chi connectivity index (χ0n) is 12.6. The molecular weight excluding hydrogens is 268 g/mol. The number of H-pyrrole nitrogens is 1. The Hall–Kier alpha value is -1.29. The summed E-state index contributed by atoms with van der Waals surface area (Å²) in [4.78, 5) is 3.28. The molecule has 0 bridgehead atoms. The molecule has 0 aliphatic carbocycles. The van der Waals surface area contributed by atoms with Gasteiger partial charge in [-0.1, -0.05) is 39.2 Å². The molecule has 1 atom stereocenters. The molecule has 1 aromatic carbocycles. The van der Waals surface area contributed by atoms with E-state index in [1.165, 1.54) is 25.7 Å². The van der Waals surface area contributed by atoms with Crippen molar-refractivity contribution in [3.05, 3.63) is 23.0 Å². The number of benzene rings is 1. The molecule has 1 unspecified atom stereocenters. The van der Waals surface area contributed by atoms with E-state index in [0.29, 0.717) is 5.92 Å². The normalized spacial score (nSPS) is 12.8. The summed E-state index contributed by atoms with van der Waals surface area (Å²) in [5, 5.41) is 0. The van der Waals surface area contributed by atoms with Crippen LogP contribution < -0.4 is 4.74 Å². The van der Waals surface area contributed by atoms with Gasteiger partial charge in [-0.25, -0.2) is 0 Å². The number of nitrogens with zero attached hydrogens (tertiary/aromatic N) is 1. The number of ether oxygens (including phenoxy) is 1. The van der Waals surface area contributed by atoms with Crippen molar-refractivity contribution in [1.82, 2.24) is 9.55 Å². The van der Waals surface area contributed by atoms with Gasteiger partial charge in [0.15, 0.2) is 4.77 Å². The molecule has 0 radical (unpaired) electrons. The highest BCUT2D eigenvalue weighted by Gasteiger charge is 2.12. The van der Waals surface area contributed by atoms with Gasteiger partial charge >= 0.3 is 0 Å². The van der Waals surface area contributed by atoms with Crippen molar-refractivity contribution >= 4 is 23.3 Å². The number of aromatic nitrogens is 2. The Bertz CT molecular complexity index is 614. The number of hydrogen-bond acceptors (Lipinski definition) is 2. The maximum atomic E-state index is 5.49. The van der Waals surface area contributed by atoms with Crippen molar-refractivity contribution in [3.8, 4) is 5.75 Å². The van der Waals surface area contributed by atoms with Crippen molar-refractivity contribution in [2.75, 3.05) is 7.11 Å². The summed E-state index contributed by atoms with van der Waals surface area (Å²) in [6.45, 7) is 5.50. The minimum Gasteiger partial charge on any atom is -0.494 e. The smallest absolute Gasteiger partial charge is 0.178 e. The molecule has 2 aromatic rings. The van der Waals surface area contributed by atoms with Crippen LogP contribution in [0.15, 0.2) is 18.2 Å². The molecule has 20 heavy (non-hydrogen) atoms. The van der Waals surface area contributed by atoms with E-state index >= 15 is 0 Å². The summed E-state index contributed by atoms with van der Waals surface area (Å²) < 4.78 is 8.41. The number of imidazole rings is 1. The van der Waals surface area contributed by atoms with Gasteiger partial charge in [0, 0.05) is 6.54 Å². The number of fused-ring (bicyclic) bond motifs is 1. The second kappa shape index (κ2) is 6.93. The first-order valence-electron chi connectivity index (χ1n) is 7.46. The van der Waals surface area contributed by atoms with E-state index in [1.807, 2.05) is 12.1 Å². The summed E-state index contributed by atoms with van der Waals surface area (Å²) in [7, 11) is 1.69. The average molecular weight is 292 g/mol. The molecule has 0 aliphatic heterocycles. The first kappa shape index (κ1) is 15.1. The van der Waals surface area contributed by atoms with Crippen molar-refractivity contribution in [1.29, 1.82) is 0 Å². The Morgan fingerprint density at radius 3 is 2.80 bits per heavy atom. The van der Waals surface area contributed by atoms with E-state index in [2.05, 4.69) is 29.5 Å². The van der Waals surface area contributed by atoms with Crippen LogP contribution >= 0.6 is 12.2 Å². The van der Waals surface area contributed by atoms with Crippen molar-refractivity contribution in [3.63, 3.8) is 0 Å². The topological polar surface area (TPSA) is 29.9 Å². The predicted molar refractivity (Wildman–Crippen MR) is 87.0 cm³/mol. The average Bonchev–Trinajstić information content (AvgIpc) is 2.79. The summed E-state index contributed by atoms with van der Waals surface area (Å²) in [6.07, 6.45) is 5.00. The Kier molecular flexibility index (Phi) is 5.24. The zero-order valence-corrected chi connectivity index (χ0v) is 13.4. The number of nitrogens with one attached hydrogen (secondary N) is 1. The minimum absolute atomic E-state index is 0.687. The number of aromatic amines is 1. The van der Waals surface area contributed by atoms with Crippen LogP contribution in [0.1, 0.15) is 39.5 Å². The van der Waals surface area contributed by atoms with Crippen LogP contribution in [-0.2, 0) is 6.54 Å². The molecule has 0 spiro atoms. The monoisotopic (exact) mass is 292 g/mol. The van der Waals surface area contributed by atoms with E-state index in [1.54, 1.807) is 7.11 Å². The molecule has 0 amide bonds. The van der Waals surface area contributed by atoms with Crippen LogP contribution in [-0.4, -0.2) is 16.7 Å². The molecule has 2 rings (SSSR count). The van der Waals surface area contributed by atoms with Crippen molar-refractivity contribution < 1.29 is 4.74 Å². The second-order valence-electron chi connectivity index (χ2n) is 5.31. The molecule has 0 saturated heterocycles. The molecule has 1 N–H and O–H groups in total. The van der Waals surface area contributed by atoms with E-state index in [9.17, 15) is 0 Å². The van der Waals surface area contributed by atoms with Gasteiger partial charge in [0.1, 0.15) is 11.3 Å². The van der Waals surface area contributed by atoms with E-state index in [4.69, 9.17) is 17.0 Å². The summed E-state index contributed by atoms with van der Waals surface area (Å²) in [6, 6.07) is 6.09. The molecule has 4 heteroatoms. The lowest BCUT2D eigenvalue weighted by Gasteiger charge is -2.15. The van der Waals surface area contributed by atoms with Crippen LogP contribution in [0.2, 0.25) is 0 Å². The van der Waals surface area contributed by atoms with Gasteiger partial charge in [-0.15, -0.1) is 0 Å². The lowest BCUT2D eigenvalue weighted by atomic mass is 9.99. The number of methoxy groups -OCH3 is 1. The second-order valence-corrected chi connectivity index (χ2v) is 5.70. The summed E-state index contributed by atoms with van der Waals surface area (Å²) >= 11 is 5.49. The molecule has 0 aliphatic rings. The van der Waals surface area contributed by atoms with Gasteiger partial charge in [0.25, 0.3) is 0 Å². The van der Waals surface area contributed by atoms with Crippen molar-refractivity contribution in [2.45, 2.75) is 46.1 Å². The van der Waals surface area contributed by atoms with Gasteiger partial charge in [0.2, 0.25) is 0 Å². The third-order valence-corrected chi connectivity index (χ3v) is 4.30. The number of hydrogen-bond donors (Lipinski definition) is 1. The number of unbranched alkanes of at least 4 members (excludes halogenated alkanes) is 1. The molecule has 1 aromatic heterocycles. The quantitative estimate of drug-likeness (QED) is 0.734. The Labute approximate surface area is 126 Å². The van der Waals surface area contributed by atoms with Crippen LogP contribution in [0.5, 0.6) is 5.75 Å². The fourth-order valence-corrected chi connectivity index (χ4v) is 2.96. The van der Waals surface area contributed by atoms with Gasteiger partial charge in [-0.3, -0.25) is 0 Å². The van der Waals surface area contributed by atoms with Gasteiger partial charge in [-0.05, 0) is 36.7 Å². The van der Waals surface area contributed by atoms with E-state index in [-0.39, 0.29) is 0 Å².